The van der Waals surface area contributed by atoms with Crippen molar-refractivity contribution in [3.05, 3.63) is 28.6 Å². The van der Waals surface area contributed by atoms with Crippen molar-refractivity contribution >= 4 is 11.3 Å². The topological polar surface area (TPSA) is 64.7 Å². The maximum Gasteiger partial charge on any atom is 0.115 e. The van der Waals surface area contributed by atoms with E-state index in [-0.39, 0.29) is 6.04 Å². The van der Waals surface area contributed by atoms with Crippen molar-refractivity contribution in [1.82, 2.24) is 15.0 Å². The maximum atomic E-state index is 5.89. The summed E-state index contributed by atoms with van der Waals surface area (Å²) in [5.74, 6) is 0. The highest BCUT2D eigenvalue weighted by atomic mass is 32.1. The number of hydrogen-bond acceptors (Lipinski definition) is 5. The summed E-state index contributed by atoms with van der Waals surface area (Å²) in [6.45, 7) is 3.93. The van der Waals surface area contributed by atoms with Crippen molar-refractivity contribution in [1.29, 1.82) is 0 Å². The molecule has 78 valence electrons. The predicted octanol–water partition coefficient (Wildman–Crippen LogP) is 1.93. The molecule has 0 aliphatic carbocycles. The average molecular weight is 220 g/mol. The predicted molar refractivity (Wildman–Crippen MR) is 60.5 cm³/mol. The summed E-state index contributed by atoms with van der Waals surface area (Å²) in [5, 5.41) is 1.01. The molecule has 0 saturated carbocycles. The van der Waals surface area contributed by atoms with E-state index in [1.54, 1.807) is 23.7 Å². The van der Waals surface area contributed by atoms with Crippen LogP contribution in [-0.4, -0.2) is 15.0 Å². The zero-order valence-electron chi connectivity index (χ0n) is 8.64. The van der Waals surface area contributed by atoms with Gasteiger partial charge in [-0.25, -0.2) is 15.0 Å². The largest absolute Gasteiger partial charge is 0.323 e. The molecule has 1 atom stereocenters. The van der Waals surface area contributed by atoms with Crippen molar-refractivity contribution in [2.75, 3.05) is 0 Å². The van der Waals surface area contributed by atoms with Crippen LogP contribution in [0.1, 0.15) is 22.9 Å². The highest BCUT2D eigenvalue weighted by Crippen LogP contribution is 2.30. The van der Waals surface area contributed by atoms with E-state index >= 15 is 0 Å². The van der Waals surface area contributed by atoms with Gasteiger partial charge in [-0.2, -0.15) is 0 Å². The number of aromatic nitrogens is 3. The lowest BCUT2D eigenvalue weighted by Crippen LogP contribution is -2.04. The lowest BCUT2D eigenvalue weighted by molar-refractivity contribution is 0.837. The highest BCUT2D eigenvalue weighted by Gasteiger charge is 2.14. The minimum Gasteiger partial charge on any atom is -0.323 e. The zero-order chi connectivity index (χ0) is 10.8. The van der Waals surface area contributed by atoms with Crippen molar-refractivity contribution in [2.24, 2.45) is 5.73 Å². The first-order valence-corrected chi connectivity index (χ1v) is 5.48. The fourth-order valence-corrected chi connectivity index (χ4v) is 2.28. The standard InChI is InChI=1S/C10H12N4S/c1-6(11)10-9(14-7(2)15-10)8-3-12-5-13-4-8/h3-6H,11H2,1-2H3. The minimum absolute atomic E-state index is 0.00796. The molecule has 2 rings (SSSR count). The molecule has 1 unspecified atom stereocenters. The zero-order valence-corrected chi connectivity index (χ0v) is 9.45. The quantitative estimate of drug-likeness (QED) is 0.839. The first-order valence-electron chi connectivity index (χ1n) is 4.66. The van der Waals surface area contributed by atoms with Gasteiger partial charge in [-0.15, -0.1) is 11.3 Å². The molecule has 2 aromatic heterocycles. The van der Waals surface area contributed by atoms with E-state index in [1.807, 2.05) is 13.8 Å². The van der Waals surface area contributed by atoms with E-state index in [4.69, 9.17) is 5.73 Å². The third kappa shape index (κ3) is 2.03. The molecule has 15 heavy (non-hydrogen) atoms. The monoisotopic (exact) mass is 220 g/mol. The minimum atomic E-state index is -0.00796. The van der Waals surface area contributed by atoms with E-state index < -0.39 is 0 Å². The van der Waals surface area contributed by atoms with Crippen molar-refractivity contribution in [3.63, 3.8) is 0 Å². The Bertz CT molecular complexity index is 450. The summed E-state index contributed by atoms with van der Waals surface area (Å²) >= 11 is 1.63. The third-order valence-electron chi connectivity index (χ3n) is 2.01. The van der Waals surface area contributed by atoms with E-state index in [0.29, 0.717) is 0 Å². The average Bonchev–Trinajstić information content (AvgIpc) is 2.62. The molecule has 0 amide bonds. The number of hydrogen-bond donors (Lipinski definition) is 1. The van der Waals surface area contributed by atoms with Crippen LogP contribution in [0.15, 0.2) is 18.7 Å². The summed E-state index contributed by atoms with van der Waals surface area (Å²) < 4.78 is 0. The Kier molecular flexibility index (Phi) is 2.75. The van der Waals surface area contributed by atoms with Crippen molar-refractivity contribution in [3.8, 4) is 11.3 Å². The summed E-state index contributed by atoms with van der Waals surface area (Å²) in [6, 6.07) is -0.00796. The van der Waals surface area contributed by atoms with Crippen LogP contribution >= 0.6 is 11.3 Å². The third-order valence-corrected chi connectivity index (χ3v) is 3.18. The van der Waals surface area contributed by atoms with Gasteiger partial charge in [0, 0.05) is 28.9 Å². The van der Waals surface area contributed by atoms with Gasteiger partial charge in [0.25, 0.3) is 0 Å². The molecule has 0 aromatic carbocycles. The van der Waals surface area contributed by atoms with Crippen LogP contribution < -0.4 is 5.73 Å². The molecule has 4 nitrogen and oxygen atoms in total. The maximum absolute atomic E-state index is 5.89. The molecule has 0 spiro atoms. The number of thiazole rings is 1. The Morgan fingerprint density at radius 2 is 2.00 bits per heavy atom. The van der Waals surface area contributed by atoms with E-state index in [0.717, 1.165) is 21.1 Å². The molecular formula is C10H12N4S. The normalized spacial score (nSPS) is 12.7. The molecule has 0 aliphatic rings. The fourth-order valence-electron chi connectivity index (χ4n) is 1.38. The molecular weight excluding hydrogens is 208 g/mol. The van der Waals surface area contributed by atoms with Gasteiger partial charge in [0.2, 0.25) is 0 Å². The summed E-state index contributed by atoms with van der Waals surface area (Å²) in [6.07, 6.45) is 5.02. The second-order valence-electron chi connectivity index (χ2n) is 3.36. The Balaban J connectivity index is 2.53. The molecule has 0 saturated heterocycles. The van der Waals surface area contributed by atoms with Gasteiger partial charge in [-0.05, 0) is 13.8 Å². The number of nitrogens with zero attached hydrogens (tertiary/aromatic N) is 3. The fraction of sp³-hybridized carbons (Fsp3) is 0.300. The van der Waals surface area contributed by atoms with Gasteiger partial charge in [0.05, 0.1) is 10.7 Å². The van der Waals surface area contributed by atoms with Crippen LogP contribution in [0.25, 0.3) is 11.3 Å². The van der Waals surface area contributed by atoms with Gasteiger partial charge in [-0.3, -0.25) is 0 Å². The van der Waals surface area contributed by atoms with Crippen LogP contribution in [0.5, 0.6) is 0 Å². The Morgan fingerprint density at radius 3 is 2.60 bits per heavy atom. The molecule has 0 radical (unpaired) electrons. The summed E-state index contributed by atoms with van der Waals surface area (Å²) in [5.41, 5.74) is 7.73. The first kappa shape index (κ1) is 10.2. The molecule has 0 bridgehead atoms. The van der Waals surface area contributed by atoms with Gasteiger partial charge < -0.3 is 5.73 Å². The van der Waals surface area contributed by atoms with E-state index in [1.165, 1.54) is 6.33 Å². The van der Waals surface area contributed by atoms with Gasteiger partial charge in [0.1, 0.15) is 6.33 Å². The molecule has 0 fully saturated rings. The molecule has 2 aromatic rings. The lowest BCUT2D eigenvalue weighted by atomic mass is 10.1. The molecule has 2 heterocycles. The number of aryl methyl sites for hydroxylation is 1. The summed E-state index contributed by atoms with van der Waals surface area (Å²) in [4.78, 5) is 13.5. The van der Waals surface area contributed by atoms with E-state index in [9.17, 15) is 0 Å². The van der Waals surface area contributed by atoms with Crippen LogP contribution in [0.4, 0.5) is 0 Å². The Hall–Kier alpha value is -1.33. The Morgan fingerprint density at radius 1 is 1.33 bits per heavy atom. The van der Waals surface area contributed by atoms with Gasteiger partial charge in [0.15, 0.2) is 0 Å². The first-order chi connectivity index (χ1) is 7.18. The summed E-state index contributed by atoms with van der Waals surface area (Å²) in [7, 11) is 0. The van der Waals surface area contributed by atoms with Crippen molar-refractivity contribution in [2.45, 2.75) is 19.9 Å². The van der Waals surface area contributed by atoms with Gasteiger partial charge >= 0.3 is 0 Å². The number of rotatable bonds is 2. The van der Waals surface area contributed by atoms with Crippen LogP contribution in [0.3, 0.4) is 0 Å². The SMILES string of the molecule is Cc1nc(-c2cncnc2)c(C(C)N)s1. The van der Waals surface area contributed by atoms with E-state index in [2.05, 4.69) is 15.0 Å². The highest BCUT2D eigenvalue weighted by molar-refractivity contribution is 7.12. The smallest absolute Gasteiger partial charge is 0.115 e. The van der Waals surface area contributed by atoms with Crippen molar-refractivity contribution < 1.29 is 0 Å². The van der Waals surface area contributed by atoms with Crippen LogP contribution in [0, 0.1) is 6.92 Å². The van der Waals surface area contributed by atoms with Gasteiger partial charge in [-0.1, -0.05) is 0 Å². The van der Waals surface area contributed by atoms with Crippen LogP contribution in [-0.2, 0) is 0 Å². The molecule has 0 aliphatic heterocycles. The second-order valence-corrected chi connectivity index (χ2v) is 4.60. The van der Waals surface area contributed by atoms with Crippen LogP contribution in [0.2, 0.25) is 0 Å². The Labute approximate surface area is 92.2 Å². The lowest BCUT2D eigenvalue weighted by Gasteiger charge is -2.04. The number of nitrogens with two attached hydrogens (primary N) is 1. The molecule has 2 N–H and O–H groups in total. The molecule has 5 heteroatoms. The second kappa shape index (κ2) is 4.04.